The Morgan fingerprint density at radius 3 is 2.43 bits per heavy atom. The van der Waals surface area contributed by atoms with E-state index < -0.39 is 27.8 Å². The molecule has 1 unspecified atom stereocenters. The number of amides is 1. The number of para-hydroxylation sites is 1. The van der Waals surface area contributed by atoms with E-state index in [0.717, 1.165) is 6.26 Å². The summed E-state index contributed by atoms with van der Waals surface area (Å²) in [6.07, 6.45) is 0.976. The molecule has 9 heteroatoms. The second-order valence-electron chi connectivity index (χ2n) is 6.57. The van der Waals surface area contributed by atoms with Crippen LogP contribution in [0.15, 0.2) is 53.0 Å². The summed E-state index contributed by atoms with van der Waals surface area (Å²) in [6, 6.07) is 12.8. The zero-order valence-corrected chi connectivity index (χ0v) is 19.2. The maximum atomic E-state index is 12.7. The fourth-order valence-corrected chi connectivity index (χ4v) is 3.76. The highest BCUT2D eigenvalue weighted by molar-refractivity contribution is 9.10. The molecule has 2 aromatic carbocycles. The zero-order chi connectivity index (χ0) is 22.1. The number of halogens is 1. The monoisotopic (exact) mass is 497 g/mol. The lowest BCUT2D eigenvalue weighted by atomic mass is 10.1. The molecule has 30 heavy (non-hydrogen) atoms. The number of nitrogens with one attached hydrogen (secondary N) is 1. The first-order valence-electron chi connectivity index (χ1n) is 9.31. The van der Waals surface area contributed by atoms with E-state index in [1.54, 1.807) is 42.5 Å². The van der Waals surface area contributed by atoms with E-state index >= 15 is 0 Å². The normalized spacial score (nSPS) is 12.1. The van der Waals surface area contributed by atoms with Crippen LogP contribution in [0, 0.1) is 0 Å². The highest BCUT2D eigenvalue weighted by Gasteiger charge is 2.25. The lowest BCUT2D eigenvalue weighted by Gasteiger charge is -2.18. The van der Waals surface area contributed by atoms with E-state index in [9.17, 15) is 18.0 Å². The van der Waals surface area contributed by atoms with Crippen LogP contribution in [0.4, 0.5) is 0 Å². The van der Waals surface area contributed by atoms with Crippen molar-refractivity contribution in [3.05, 3.63) is 64.1 Å². The SMILES string of the molecule is CCOc1ccccc1COC(=O)C(CCS(C)(=O)=O)NC(=O)c1ccccc1Br. The number of hydrogen-bond donors (Lipinski definition) is 1. The fraction of sp³-hybridized carbons (Fsp3) is 0.333. The molecule has 0 spiro atoms. The van der Waals surface area contributed by atoms with E-state index in [1.165, 1.54) is 0 Å². The predicted octanol–water partition coefficient (Wildman–Crippen LogP) is 3.12. The van der Waals surface area contributed by atoms with Crippen LogP contribution in [0.5, 0.6) is 5.75 Å². The molecule has 0 radical (unpaired) electrons. The van der Waals surface area contributed by atoms with Crippen molar-refractivity contribution in [3.8, 4) is 5.75 Å². The van der Waals surface area contributed by atoms with Crippen molar-refractivity contribution in [2.24, 2.45) is 0 Å². The third-order valence-corrected chi connectivity index (χ3v) is 5.80. The molecule has 0 aromatic heterocycles. The minimum Gasteiger partial charge on any atom is -0.493 e. The van der Waals surface area contributed by atoms with E-state index in [0.29, 0.717) is 28.0 Å². The predicted molar refractivity (Wildman–Crippen MR) is 117 cm³/mol. The van der Waals surface area contributed by atoms with Gasteiger partial charge >= 0.3 is 5.97 Å². The first-order chi connectivity index (χ1) is 14.2. The van der Waals surface area contributed by atoms with Gasteiger partial charge in [-0.25, -0.2) is 13.2 Å². The molecule has 0 aliphatic carbocycles. The van der Waals surface area contributed by atoms with Crippen molar-refractivity contribution in [2.75, 3.05) is 18.6 Å². The van der Waals surface area contributed by atoms with Crippen LogP contribution in [0.1, 0.15) is 29.3 Å². The number of sulfone groups is 1. The molecular formula is C21H24BrNO6S. The van der Waals surface area contributed by atoms with Crippen LogP contribution in [0.25, 0.3) is 0 Å². The highest BCUT2D eigenvalue weighted by atomic mass is 79.9. The molecule has 2 rings (SSSR count). The number of ether oxygens (including phenoxy) is 2. The summed E-state index contributed by atoms with van der Waals surface area (Å²) in [5.41, 5.74) is 1.00. The summed E-state index contributed by atoms with van der Waals surface area (Å²) in [4.78, 5) is 25.3. The maximum Gasteiger partial charge on any atom is 0.329 e. The van der Waals surface area contributed by atoms with Gasteiger partial charge in [0.25, 0.3) is 5.91 Å². The maximum absolute atomic E-state index is 12.7. The fourth-order valence-electron chi connectivity index (χ4n) is 2.63. The van der Waals surface area contributed by atoms with Crippen LogP contribution in [-0.2, 0) is 26.0 Å². The van der Waals surface area contributed by atoms with Crippen LogP contribution < -0.4 is 10.1 Å². The Morgan fingerprint density at radius 1 is 1.10 bits per heavy atom. The molecule has 1 amide bonds. The molecule has 0 aliphatic rings. The molecule has 0 saturated carbocycles. The van der Waals surface area contributed by atoms with Crippen molar-refractivity contribution < 1.29 is 27.5 Å². The molecule has 0 heterocycles. The van der Waals surface area contributed by atoms with Gasteiger partial charge in [0.05, 0.1) is 17.9 Å². The van der Waals surface area contributed by atoms with E-state index in [2.05, 4.69) is 21.2 Å². The van der Waals surface area contributed by atoms with Crippen LogP contribution in [-0.4, -0.2) is 45.0 Å². The first kappa shape index (κ1) is 23.9. The summed E-state index contributed by atoms with van der Waals surface area (Å²) in [5.74, 6) is -0.894. The quantitative estimate of drug-likeness (QED) is 0.506. The van der Waals surface area contributed by atoms with Gasteiger partial charge in [-0.15, -0.1) is 0 Å². The minimum atomic E-state index is -3.33. The van der Waals surface area contributed by atoms with Gasteiger partial charge in [0, 0.05) is 16.3 Å². The van der Waals surface area contributed by atoms with Gasteiger partial charge in [-0.3, -0.25) is 4.79 Å². The summed E-state index contributed by atoms with van der Waals surface area (Å²) in [7, 11) is -3.33. The molecule has 1 N–H and O–H groups in total. The van der Waals surface area contributed by atoms with E-state index in [4.69, 9.17) is 9.47 Å². The van der Waals surface area contributed by atoms with E-state index in [1.807, 2.05) is 13.0 Å². The molecule has 0 bridgehead atoms. The third-order valence-electron chi connectivity index (χ3n) is 4.13. The molecule has 0 fully saturated rings. The van der Waals surface area contributed by atoms with Gasteiger partial charge in [0.1, 0.15) is 28.2 Å². The lowest BCUT2D eigenvalue weighted by Crippen LogP contribution is -2.43. The largest absolute Gasteiger partial charge is 0.493 e. The van der Waals surface area contributed by atoms with Crippen molar-refractivity contribution in [1.29, 1.82) is 0 Å². The average molecular weight is 498 g/mol. The summed E-state index contributed by atoms with van der Waals surface area (Å²) < 4.78 is 34.6. The van der Waals surface area contributed by atoms with Gasteiger partial charge in [0.2, 0.25) is 0 Å². The number of benzene rings is 2. The lowest BCUT2D eigenvalue weighted by molar-refractivity contribution is -0.147. The Labute approximate surface area is 184 Å². The molecule has 162 valence electrons. The Bertz CT molecular complexity index is 992. The van der Waals surface area contributed by atoms with E-state index in [-0.39, 0.29) is 18.8 Å². The number of carbonyl (C=O) groups is 2. The molecular weight excluding hydrogens is 474 g/mol. The molecule has 0 saturated heterocycles. The van der Waals surface area contributed by atoms with Gasteiger partial charge in [0.15, 0.2) is 0 Å². The second kappa shape index (κ2) is 11.1. The second-order valence-corrected chi connectivity index (χ2v) is 9.69. The first-order valence-corrected chi connectivity index (χ1v) is 12.2. The van der Waals surface area contributed by atoms with Gasteiger partial charge < -0.3 is 14.8 Å². The Balaban J connectivity index is 2.12. The average Bonchev–Trinajstić information content (AvgIpc) is 2.70. The van der Waals surface area contributed by atoms with Crippen molar-refractivity contribution in [1.82, 2.24) is 5.32 Å². The molecule has 0 aliphatic heterocycles. The Morgan fingerprint density at radius 2 is 1.77 bits per heavy atom. The Hall–Kier alpha value is -2.39. The van der Waals surface area contributed by atoms with Crippen molar-refractivity contribution >= 4 is 37.6 Å². The third kappa shape index (κ3) is 7.46. The Kier molecular flexibility index (Phi) is 8.86. The smallest absolute Gasteiger partial charge is 0.329 e. The molecule has 7 nitrogen and oxygen atoms in total. The van der Waals surface area contributed by atoms with Crippen LogP contribution in [0.3, 0.4) is 0 Å². The minimum absolute atomic E-state index is 0.0602. The number of rotatable bonds is 10. The summed E-state index contributed by atoms with van der Waals surface area (Å²) in [6.45, 7) is 2.25. The number of hydrogen-bond acceptors (Lipinski definition) is 6. The standard InChI is InChI=1S/C21H24BrNO6S/c1-3-28-19-11-7-4-8-15(19)14-29-21(25)18(12-13-30(2,26)27)23-20(24)16-9-5-6-10-17(16)22/h4-11,18H,3,12-14H2,1-2H3,(H,23,24). The van der Waals surface area contributed by atoms with Gasteiger partial charge in [-0.2, -0.15) is 0 Å². The number of carbonyl (C=O) groups excluding carboxylic acids is 2. The summed E-state index contributed by atoms with van der Waals surface area (Å²) >= 11 is 3.29. The molecule has 1 atom stereocenters. The highest BCUT2D eigenvalue weighted by Crippen LogP contribution is 2.20. The van der Waals surface area contributed by atoms with Crippen molar-refractivity contribution in [2.45, 2.75) is 26.0 Å². The topological polar surface area (TPSA) is 98.8 Å². The van der Waals surface area contributed by atoms with Crippen molar-refractivity contribution in [3.63, 3.8) is 0 Å². The van der Waals surface area contributed by atoms with Gasteiger partial charge in [-0.1, -0.05) is 30.3 Å². The van der Waals surface area contributed by atoms with Crippen LogP contribution >= 0.6 is 15.9 Å². The van der Waals surface area contributed by atoms with Crippen LogP contribution in [0.2, 0.25) is 0 Å². The van der Waals surface area contributed by atoms with Gasteiger partial charge in [-0.05, 0) is 47.5 Å². The number of esters is 1. The molecule has 2 aromatic rings. The zero-order valence-electron chi connectivity index (χ0n) is 16.8. The summed E-state index contributed by atoms with van der Waals surface area (Å²) in [5, 5.41) is 2.58.